The highest BCUT2D eigenvalue weighted by Crippen LogP contribution is 2.35. The van der Waals surface area contributed by atoms with E-state index in [2.05, 4.69) is 10.6 Å². The Balaban J connectivity index is 1.48. The van der Waals surface area contributed by atoms with E-state index >= 15 is 0 Å². The third-order valence-corrected chi connectivity index (χ3v) is 12.8. The lowest BCUT2D eigenvalue weighted by atomic mass is 9.94. The first-order valence-corrected chi connectivity index (χ1v) is 22.9. The van der Waals surface area contributed by atoms with Crippen molar-refractivity contribution in [1.29, 1.82) is 0 Å². The molecule has 5 heterocycles. The number of hydrogen-bond acceptors (Lipinski definition) is 31. The topological polar surface area (TPSA) is 532 Å². The predicted molar refractivity (Wildman–Crippen MR) is 224 cm³/mol. The van der Waals surface area contributed by atoms with E-state index < -0.39 is 229 Å². The Hall–Kier alpha value is -2.51. The molecule has 5 aliphatic rings. The van der Waals surface area contributed by atoms with Crippen LogP contribution in [-0.4, -0.2) is 327 Å². The number of aldehydes is 1. The van der Waals surface area contributed by atoms with Crippen molar-refractivity contribution in [3.05, 3.63) is 0 Å². The van der Waals surface area contributed by atoms with Crippen LogP contribution < -0.4 is 10.6 Å². The van der Waals surface area contributed by atoms with Crippen LogP contribution in [0.15, 0.2) is 0 Å². The molecule has 5 saturated heterocycles. The fourth-order valence-corrected chi connectivity index (χ4v) is 8.76. The molecule has 73 heavy (non-hydrogen) atoms. The number of amides is 2. The monoisotopic (exact) mass is 1070 g/mol. The lowest BCUT2D eigenvalue weighted by molar-refractivity contribution is -0.376. The van der Waals surface area contributed by atoms with Gasteiger partial charge >= 0.3 is 0 Å². The second kappa shape index (κ2) is 27.2. The smallest absolute Gasteiger partial charge is 0.217 e. The number of carbonyl (C=O) groups is 3. The van der Waals surface area contributed by atoms with Gasteiger partial charge in [-0.25, -0.2) is 0 Å². The van der Waals surface area contributed by atoms with Gasteiger partial charge < -0.3 is 155 Å². The summed E-state index contributed by atoms with van der Waals surface area (Å²) in [5.74, 6) is -1.73. The molecule has 5 aliphatic heterocycles. The molecule has 424 valence electrons. The fourth-order valence-electron chi connectivity index (χ4n) is 8.76. The van der Waals surface area contributed by atoms with Crippen LogP contribution in [0.3, 0.4) is 0 Å². The third kappa shape index (κ3) is 14.0. The van der Waals surface area contributed by atoms with E-state index in [-0.39, 0.29) is 6.29 Å². The standard InChI is InChI=1S/C40H68N2O31/c1-10(49)41-19-26(58)33(71-38-29(61)27(59)22(54)14(5-45)66-38)17(8-48)68-36(19)64-9-18-25(57)35(31(63)40(69-18)70-32(13(52)4-44)21(53)12(51)3-43)73-37-20(42-11(2)50)34(24(56)16(7-47)65-37)72-39-30(62)28(60)23(55)15(6-46)67-39/h3,12-40,44-48,51-63H,4-9H2,1-2H3,(H,41,49)(H,42,50)/t12-,13+,14+,15+,16+,17+,18+,19+,20+,21+,22-,23-,24+,25-,26+,27-,28-,29+,30+,31+,32+,33+,34+,35-,36+,37-,38-,39-,40-/m0/s1. The molecule has 20 N–H and O–H groups in total. The Morgan fingerprint density at radius 1 is 0.493 bits per heavy atom. The summed E-state index contributed by atoms with van der Waals surface area (Å²) in [7, 11) is 0. The number of ether oxygens (including phenoxy) is 10. The normalized spacial score (nSPS) is 45.1. The lowest BCUT2D eigenvalue weighted by Gasteiger charge is -2.50. The maximum Gasteiger partial charge on any atom is 0.217 e. The van der Waals surface area contributed by atoms with Crippen LogP contribution in [0.5, 0.6) is 0 Å². The first-order chi connectivity index (χ1) is 34.5. The largest absolute Gasteiger partial charge is 0.394 e. The molecule has 0 saturated carbocycles. The van der Waals surface area contributed by atoms with Gasteiger partial charge in [-0.05, 0) is 0 Å². The second-order valence-electron chi connectivity index (χ2n) is 17.9. The van der Waals surface area contributed by atoms with E-state index in [0.29, 0.717) is 0 Å². The Morgan fingerprint density at radius 3 is 1.42 bits per heavy atom. The van der Waals surface area contributed by atoms with Crippen LogP contribution in [0.25, 0.3) is 0 Å². The lowest BCUT2D eigenvalue weighted by Crippen LogP contribution is -2.70. The minimum atomic E-state index is -2.37. The second-order valence-corrected chi connectivity index (χ2v) is 17.9. The molecule has 2 amide bonds. The van der Waals surface area contributed by atoms with Gasteiger partial charge in [-0.15, -0.1) is 0 Å². The molecule has 29 atom stereocenters. The molecule has 0 aliphatic carbocycles. The van der Waals surface area contributed by atoms with Crippen molar-refractivity contribution in [1.82, 2.24) is 10.6 Å². The summed E-state index contributed by atoms with van der Waals surface area (Å²) >= 11 is 0. The first-order valence-electron chi connectivity index (χ1n) is 22.9. The average molecular weight is 1070 g/mol. The molecule has 33 heteroatoms. The molecule has 0 aromatic carbocycles. The number of carbonyl (C=O) groups excluding carboxylic acids is 3. The van der Waals surface area contributed by atoms with Gasteiger partial charge in [0.2, 0.25) is 11.8 Å². The molecule has 0 aromatic heterocycles. The van der Waals surface area contributed by atoms with Gasteiger partial charge in [0.15, 0.2) is 37.7 Å². The van der Waals surface area contributed by atoms with E-state index in [1.165, 1.54) is 0 Å². The minimum absolute atomic E-state index is 0.171. The molecule has 0 aromatic rings. The van der Waals surface area contributed by atoms with Gasteiger partial charge in [0, 0.05) is 13.8 Å². The maximum atomic E-state index is 12.7. The summed E-state index contributed by atoms with van der Waals surface area (Å²) in [6.07, 6.45) is -53.8. The summed E-state index contributed by atoms with van der Waals surface area (Å²) in [6, 6.07) is -3.53. The fraction of sp³-hybridized carbons (Fsp3) is 0.925. The Morgan fingerprint density at radius 2 is 0.932 bits per heavy atom. The van der Waals surface area contributed by atoms with Crippen molar-refractivity contribution in [2.24, 2.45) is 0 Å². The van der Waals surface area contributed by atoms with Gasteiger partial charge in [-0.2, -0.15) is 0 Å². The maximum absolute atomic E-state index is 12.7. The zero-order valence-corrected chi connectivity index (χ0v) is 38.9. The molecule has 0 radical (unpaired) electrons. The summed E-state index contributed by atoms with van der Waals surface area (Å²) in [5, 5.41) is 195. The highest BCUT2D eigenvalue weighted by atomic mass is 16.8. The van der Waals surface area contributed by atoms with Gasteiger partial charge in [-0.1, -0.05) is 0 Å². The Labute approximate surface area is 413 Å². The van der Waals surface area contributed by atoms with E-state index in [1.54, 1.807) is 0 Å². The van der Waals surface area contributed by atoms with E-state index in [1.807, 2.05) is 0 Å². The van der Waals surface area contributed by atoms with Crippen molar-refractivity contribution in [2.75, 3.05) is 39.6 Å². The molecular weight excluding hydrogens is 1000 g/mol. The van der Waals surface area contributed by atoms with Crippen molar-refractivity contribution >= 4 is 18.1 Å². The van der Waals surface area contributed by atoms with E-state index in [0.717, 1.165) is 13.8 Å². The van der Waals surface area contributed by atoms with Crippen molar-refractivity contribution in [3.63, 3.8) is 0 Å². The minimum Gasteiger partial charge on any atom is -0.394 e. The molecule has 5 fully saturated rings. The molecule has 0 spiro atoms. The van der Waals surface area contributed by atoms with Crippen molar-refractivity contribution in [3.8, 4) is 0 Å². The predicted octanol–water partition coefficient (Wildman–Crippen LogP) is -14.0. The van der Waals surface area contributed by atoms with Gasteiger partial charge in [0.25, 0.3) is 0 Å². The zero-order valence-electron chi connectivity index (χ0n) is 38.9. The van der Waals surface area contributed by atoms with Gasteiger partial charge in [-0.3, -0.25) is 9.59 Å². The molecule has 0 bridgehead atoms. The summed E-state index contributed by atoms with van der Waals surface area (Å²) in [5.41, 5.74) is 0. The SMILES string of the molecule is CC(=O)N[C@H]1[C@H](OC[C@H]2O[C@@H](O[C@@H]([C@H](O)[C@@H](O)C=O)[C@H](O)CO)[C@H](O)[C@@H](O[C@@H]3O[C@H](CO)[C@@H](O)[C@H](O[C@@H]4O[C@H](CO)[C@H](O)[C@H](O)[C@H]4O)[C@H]3NC(C)=O)[C@H]2O)O[C@H](CO)[C@@H](O[C@@H]2O[C@H](CO)[C@H](O)[C@H](O)[C@H]2O)[C@@H]1O. The number of aliphatic hydroxyl groups excluding tert-OH is 18. The van der Waals surface area contributed by atoms with Gasteiger partial charge in [0.1, 0.15) is 146 Å². The van der Waals surface area contributed by atoms with Crippen molar-refractivity contribution in [2.45, 2.75) is 192 Å². The summed E-state index contributed by atoms with van der Waals surface area (Å²) in [6.45, 7) is -4.07. The number of aliphatic hydroxyl groups is 18. The summed E-state index contributed by atoms with van der Waals surface area (Å²) < 4.78 is 57.2. The van der Waals surface area contributed by atoms with Crippen LogP contribution in [0, 0.1) is 0 Å². The highest BCUT2D eigenvalue weighted by molar-refractivity contribution is 5.73. The third-order valence-electron chi connectivity index (χ3n) is 12.8. The van der Waals surface area contributed by atoms with Crippen molar-refractivity contribution < 1.29 is 154 Å². The molecule has 0 unspecified atom stereocenters. The number of rotatable bonds is 22. The molecule has 5 rings (SSSR count). The first kappa shape index (κ1) is 61.3. The van der Waals surface area contributed by atoms with E-state index in [9.17, 15) is 106 Å². The van der Waals surface area contributed by atoms with E-state index in [4.69, 9.17) is 47.4 Å². The average Bonchev–Trinajstić information content (AvgIpc) is 3.36. The van der Waals surface area contributed by atoms with Crippen LogP contribution in [0.4, 0.5) is 0 Å². The van der Waals surface area contributed by atoms with Gasteiger partial charge in [0.05, 0.1) is 39.6 Å². The quantitative estimate of drug-likeness (QED) is 0.0448. The highest BCUT2D eigenvalue weighted by Gasteiger charge is 2.57. The van der Waals surface area contributed by atoms with Crippen LogP contribution in [0.2, 0.25) is 0 Å². The van der Waals surface area contributed by atoms with Crippen LogP contribution in [0.1, 0.15) is 13.8 Å². The number of nitrogens with one attached hydrogen (secondary N) is 2. The number of hydrogen-bond donors (Lipinski definition) is 20. The molecule has 33 nitrogen and oxygen atoms in total. The summed E-state index contributed by atoms with van der Waals surface area (Å²) in [4.78, 5) is 36.6. The Bertz CT molecular complexity index is 1730. The Kier molecular flexibility index (Phi) is 22.8. The zero-order chi connectivity index (χ0) is 54.3. The van der Waals surface area contributed by atoms with Crippen LogP contribution >= 0.6 is 0 Å². The molecular formula is C40H68N2O31. The van der Waals surface area contributed by atoms with Crippen LogP contribution in [-0.2, 0) is 61.8 Å².